The first-order chi connectivity index (χ1) is 9.67. The lowest BCUT2D eigenvalue weighted by Crippen LogP contribution is -2.35. The molecule has 1 fully saturated rings. The van der Waals surface area contributed by atoms with Gasteiger partial charge < -0.3 is 10.2 Å². The zero-order valence-electron chi connectivity index (χ0n) is 13.6. The molecule has 4 heteroatoms. The first-order valence-electron chi connectivity index (χ1n) is 7.65. The van der Waals surface area contributed by atoms with Gasteiger partial charge >= 0.3 is 0 Å². The summed E-state index contributed by atoms with van der Waals surface area (Å²) in [5.41, 5.74) is 0.695. The molecule has 1 aromatic rings. The molecule has 21 heavy (non-hydrogen) atoms. The highest BCUT2D eigenvalue weighted by atomic mass is 19.1. The molecule has 0 radical (unpaired) electrons. The molecular weight excluding hydrogens is 270 g/mol. The number of nitrogens with one attached hydrogen (secondary N) is 1. The van der Waals surface area contributed by atoms with Crippen LogP contribution < -0.4 is 10.2 Å². The molecule has 1 saturated heterocycles. The van der Waals surface area contributed by atoms with E-state index in [1.807, 2.05) is 25.7 Å². The number of nitrogens with zero attached hydrogens (tertiary/aromatic N) is 1. The number of hydrogen-bond donors (Lipinski definition) is 1. The summed E-state index contributed by atoms with van der Waals surface area (Å²) in [6.07, 6.45) is 0. The van der Waals surface area contributed by atoms with Gasteiger partial charge in [0, 0.05) is 25.2 Å². The van der Waals surface area contributed by atoms with Crippen LogP contribution in [0.4, 0.5) is 14.5 Å². The Hall–Kier alpha value is -1.16. The van der Waals surface area contributed by atoms with Crippen LogP contribution in [-0.4, -0.2) is 18.6 Å². The van der Waals surface area contributed by atoms with E-state index in [1.54, 1.807) is 0 Å². The summed E-state index contributed by atoms with van der Waals surface area (Å²) in [4.78, 5) is 1.83. The lowest BCUT2D eigenvalue weighted by atomic mass is 10.0. The average molecular weight is 296 g/mol. The first kappa shape index (κ1) is 16.2. The highest BCUT2D eigenvalue weighted by Gasteiger charge is 2.29. The Balaban J connectivity index is 2.18. The molecule has 0 spiro atoms. The normalized spacial score (nSPS) is 22.9. The fraction of sp³-hybridized carbons (Fsp3) is 0.647. The van der Waals surface area contributed by atoms with E-state index in [9.17, 15) is 8.78 Å². The van der Waals surface area contributed by atoms with Gasteiger partial charge in [0.05, 0.1) is 0 Å². The minimum absolute atomic E-state index is 0.0779. The van der Waals surface area contributed by atoms with Gasteiger partial charge in [-0.3, -0.25) is 0 Å². The lowest BCUT2D eigenvalue weighted by molar-refractivity contribution is 0.422. The van der Waals surface area contributed by atoms with Gasteiger partial charge in [-0.15, -0.1) is 0 Å². The van der Waals surface area contributed by atoms with E-state index < -0.39 is 11.6 Å². The van der Waals surface area contributed by atoms with Gasteiger partial charge in [-0.1, -0.05) is 13.8 Å². The minimum atomic E-state index is -0.456. The third kappa shape index (κ3) is 3.94. The molecule has 2 nitrogen and oxygen atoms in total. The van der Waals surface area contributed by atoms with Crippen LogP contribution in [0.15, 0.2) is 12.1 Å². The maximum absolute atomic E-state index is 14.3. The molecule has 1 aliphatic rings. The van der Waals surface area contributed by atoms with Crippen LogP contribution in [0.2, 0.25) is 0 Å². The second-order valence-corrected chi connectivity index (χ2v) is 7.37. The Morgan fingerprint density at radius 3 is 2.00 bits per heavy atom. The smallest absolute Gasteiger partial charge is 0.149 e. The molecule has 1 N–H and O–H groups in total. The van der Waals surface area contributed by atoms with E-state index in [-0.39, 0.29) is 11.2 Å². The second kappa shape index (κ2) is 5.91. The van der Waals surface area contributed by atoms with Crippen molar-refractivity contribution in [2.75, 3.05) is 18.0 Å². The Labute approximate surface area is 126 Å². The maximum atomic E-state index is 14.3. The fourth-order valence-corrected chi connectivity index (χ4v) is 2.70. The van der Waals surface area contributed by atoms with Crippen molar-refractivity contribution in [1.29, 1.82) is 0 Å². The molecule has 2 atom stereocenters. The van der Waals surface area contributed by atoms with Crippen molar-refractivity contribution in [1.82, 2.24) is 5.32 Å². The van der Waals surface area contributed by atoms with Crippen LogP contribution >= 0.6 is 0 Å². The van der Waals surface area contributed by atoms with Crippen molar-refractivity contribution in [3.05, 3.63) is 29.3 Å². The van der Waals surface area contributed by atoms with Gasteiger partial charge in [0.2, 0.25) is 0 Å². The predicted octanol–water partition coefficient (Wildman–Crippen LogP) is 3.95. The average Bonchev–Trinajstić information content (AvgIpc) is 2.65. The van der Waals surface area contributed by atoms with Crippen LogP contribution in [0.25, 0.3) is 0 Å². The molecule has 1 aliphatic heterocycles. The highest BCUT2D eigenvalue weighted by molar-refractivity contribution is 5.51. The van der Waals surface area contributed by atoms with Crippen LogP contribution in [0.5, 0.6) is 0 Å². The van der Waals surface area contributed by atoms with Gasteiger partial charge in [-0.25, -0.2) is 8.78 Å². The van der Waals surface area contributed by atoms with E-state index in [0.29, 0.717) is 37.0 Å². The third-order valence-corrected chi connectivity index (χ3v) is 4.20. The summed E-state index contributed by atoms with van der Waals surface area (Å²) in [7, 11) is 0. The van der Waals surface area contributed by atoms with E-state index in [2.05, 4.69) is 19.2 Å². The molecular formula is C17H26F2N2. The summed E-state index contributed by atoms with van der Waals surface area (Å²) in [5.74, 6) is 0.0149. The zero-order valence-corrected chi connectivity index (χ0v) is 13.6. The maximum Gasteiger partial charge on any atom is 0.149 e. The topological polar surface area (TPSA) is 15.3 Å². The predicted molar refractivity (Wildman–Crippen MR) is 83.5 cm³/mol. The van der Waals surface area contributed by atoms with Crippen molar-refractivity contribution < 1.29 is 8.78 Å². The highest BCUT2D eigenvalue weighted by Crippen LogP contribution is 2.32. The van der Waals surface area contributed by atoms with Gasteiger partial charge in [0.15, 0.2) is 0 Å². The summed E-state index contributed by atoms with van der Waals surface area (Å²) >= 11 is 0. The first-order valence-corrected chi connectivity index (χ1v) is 7.65. The van der Waals surface area contributed by atoms with E-state index in [4.69, 9.17) is 0 Å². The quantitative estimate of drug-likeness (QED) is 0.908. The molecule has 0 aliphatic carbocycles. The van der Waals surface area contributed by atoms with Gasteiger partial charge in [-0.2, -0.15) is 0 Å². The van der Waals surface area contributed by atoms with Crippen molar-refractivity contribution in [2.24, 2.45) is 11.8 Å². The lowest BCUT2D eigenvalue weighted by Gasteiger charge is -2.23. The van der Waals surface area contributed by atoms with Crippen molar-refractivity contribution in [3.8, 4) is 0 Å². The van der Waals surface area contributed by atoms with Crippen molar-refractivity contribution in [3.63, 3.8) is 0 Å². The molecule has 118 valence electrons. The fourth-order valence-electron chi connectivity index (χ4n) is 2.70. The number of anilines is 1. The molecule has 1 heterocycles. The third-order valence-electron chi connectivity index (χ3n) is 4.20. The number of hydrogen-bond acceptors (Lipinski definition) is 2. The Morgan fingerprint density at radius 2 is 1.57 bits per heavy atom. The number of rotatable bonds is 3. The summed E-state index contributed by atoms with van der Waals surface area (Å²) < 4.78 is 28.7. The summed E-state index contributed by atoms with van der Waals surface area (Å²) in [6.45, 7) is 12.2. The van der Waals surface area contributed by atoms with E-state index in [0.717, 1.165) is 0 Å². The van der Waals surface area contributed by atoms with E-state index >= 15 is 0 Å². The number of benzene rings is 1. The molecule has 2 rings (SSSR count). The molecule has 2 unspecified atom stereocenters. The van der Waals surface area contributed by atoms with Crippen LogP contribution in [0, 0.1) is 23.5 Å². The SMILES string of the molecule is CC1CN(c2c(F)cc(CNC(C)(C)C)cc2F)CC1C. The molecule has 0 aromatic heterocycles. The standard InChI is InChI=1S/C17H26F2N2/c1-11-9-21(10-12(11)2)16-14(18)6-13(7-15(16)19)8-20-17(3,4)5/h6-7,11-12,20H,8-10H2,1-5H3. The van der Waals surface area contributed by atoms with Crippen LogP contribution in [-0.2, 0) is 6.54 Å². The van der Waals surface area contributed by atoms with Gasteiger partial charge in [-0.05, 0) is 50.3 Å². The zero-order chi connectivity index (χ0) is 15.8. The van der Waals surface area contributed by atoms with Crippen LogP contribution in [0.1, 0.15) is 40.2 Å². The molecule has 1 aromatic carbocycles. The molecule has 0 saturated carbocycles. The molecule has 0 bridgehead atoms. The molecule has 0 amide bonds. The van der Waals surface area contributed by atoms with Crippen molar-refractivity contribution in [2.45, 2.75) is 46.7 Å². The second-order valence-electron chi connectivity index (χ2n) is 7.37. The van der Waals surface area contributed by atoms with Gasteiger partial charge in [0.1, 0.15) is 17.3 Å². The monoisotopic (exact) mass is 296 g/mol. The summed E-state index contributed by atoms with van der Waals surface area (Å²) in [5, 5.41) is 3.25. The number of halogens is 2. The van der Waals surface area contributed by atoms with Crippen LogP contribution in [0.3, 0.4) is 0 Å². The van der Waals surface area contributed by atoms with E-state index in [1.165, 1.54) is 12.1 Å². The minimum Gasteiger partial charge on any atom is -0.366 e. The van der Waals surface area contributed by atoms with Crippen molar-refractivity contribution >= 4 is 5.69 Å². The summed E-state index contributed by atoms with van der Waals surface area (Å²) in [6, 6.07) is 2.90. The Morgan fingerprint density at radius 1 is 1.10 bits per heavy atom. The Bertz CT molecular complexity index is 475. The van der Waals surface area contributed by atoms with Gasteiger partial charge in [0.25, 0.3) is 0 Å². The Kier molecular flexibility index (Phi) is 4.57. The largest absolute Gasteiger partial charge is 0.366 e.